The van der Waals surface area contributed by atoms with E-state index in [9.17, 15) is 0 Å². The van der Waals surface area contributed by atoms with Gasteiger partial charge in [0.25, 0.3) is 0 Å². The molecule has 0 saturated carbocycles. The van der Waals surface area contributed by atoms with Gasteiger partial charge in [-0.1, -0.05) is 29.8 Å². The van der Waals surface area contributed by atoms with Crippen molar-refractivity contribution in [2.45, 2.75) is 26.4 Å². The third-order valence-corrected chi connectivity index (χ3v) is 2.69. The molecule has 0 aliphatic carbocycles. The van der Waals surface area contributed by atoms with Crippen LogP contribution in [0.15, 0.2) is 16.6 Å². The lowest BCUT2D eigenvalue weighted by molar-refractivity contribution is 0.123. The van der Waals surface area contributed by atoms with Crippen molar-refractivity contribution in [3.05, 3.63) is 27.7 Å². The average molecular weight is 274 g/mol. The molecule has 0 saturated heterocycles. The van der Waals surface area contributed by atoms with Crippen molar-refractivity contribution in [1.29, 1.82) is 0 Å². The lowest BCUT2D eigenvalue weighted by Gasteiger charge is -2.17. The smallest absolute Gasteiger partial charge is 0.123 e. The zero-order valence-electron chi connectivity index (χ0n) is 9.21. The molecule has 0 bridgehead atoms. The van der Waals surface area contributed by atoms with Gasteiger partial charge in [0.1, 0.15) is 5.75 Å². The Bertz CT molecular complexity index is 340. The summed E-state index contributed by atoms with van der Waals surface area (Å²) in [5.41, 5.74) is 2.20. The molecule has 2 N–H and O–H groups in total. The molecule has 0 aliphatic heterocycles. The molecular weight excluding hydrogens is 258 g/mol. The highest BCUT2D eigenvalue weighted by Crippen LogP contribution is 2.33. The molecule has 1 aromatic carbocycles. The summed E-state index contributed by atoms with van der Waals surface area (Å²) in [6.07, 6.45) is 0. The van der Waals surface area contributed by atoms with Crippen molar-refractivity contribution in [2.24, 2.45) is 5.90 Å². The average Bonchev–Trinajstić information content (AvgIpc) is 2.16. The van der Waals surface area contributed by atoms with Gasteiger partial charge < -0.3 is 4.74 Å². The van der Waals surface area contributed by atoms with E-state index in [0.29, 0.717) is 12.5 Å². The van der Waals surface area contributed by atoms with Crippen LogP contribution in [0.4, 0.5) is 0 Å². The molecule has 0 heterocycles. The van der Waals surface area contributed by atoms with E-state index >= 15 is 0 Å². The quantitative estimate of drug-likeness (QED) is 0.858. The van der Waals surface area contributed by atoms with E-state index < -0.39 is 0 Å². The van der Waals surface area contributed by atoms with Gasteiger partial charge in [-0.15, -0.1) is 0 Å². The maximum absolute atomic E-state index is 5.35. The zero-order chi connectivity index (χ0) is 11.4. The maximum Gasteiger partial charge on any atom is 0.123 e. The topological polar surface area (TPSA) is 44.5 Å². The molecule has 0 spiro atoms. The summed E-state index contributed by atoms with van der Waals surface area (Å²) in [7, 11) is 1.67. The number of rotatable bonds is 4. The van der Waals surface area contributed by atoms with Crippen LogP contribution in [0.25, 0.3) is 0 Å². The normalized spacial score (nSPS) is 10.8. The fourth-order valence-electron chi connectivity index (χ4n) is 1.68. The minimum Gasteiger partial charge on any atom is -0.496 e. The van der Waals surface area contributed by atoms with E-state index in [-0.39, 0.29) is 0 Å². The maximum atomic E-state index is 5.35. The lowest BCUT2D eigenvalue weighted by Crippen LogP contribution is -2.05. The Morgan fingerprint density at radius 1 is 1.40 bits per heavy atom. The lowest BCUT2D eigenvalue weighted by atomic mass is 9.96. The minimum absolute atomic E-state index is 0.373. The summed E-state index contributed by atoms with van der Waals surface area (Å²) in [5, 5.41) is 0. The van der Waals surface area contributed by atoms with Gasteiger partial charge in [0, 0.05) is 10.0 Å². The van der Waals surface area contributed by atoms with Crippen LogP contribution < -0.4 is 10.6 Å². The molecule has 0 unspecified atom stereocenters. The van der Waals surface area contributed by atoms with Crippen molar-refractivity contribution in [2.75, 3.05) is 7.11 Å². The molecule has 4 heteroatoms. The first-order valence-corrected chi connectivity index (χ1v) is 5.57. The van der Waals surface area contributed by atoms with Crippen molar-refractivity contribution in [3.8, 4) is 5.75 Å². The van der Waals surface area contributed by atoms with E-state index in [1.165, 1.54) is 0 Å². The Hall–Kier alpha value is -0.580. The Labute approximate surface area is 98.6 Å². The standard InChI is InChI=1S/C11H16BrNO2/c1-7(2)11-8(6-15-13)4-9(12)5-10(11)14-3/h4-5,7H,6,13H2,1-3H3. The van der Waals surface area contributed by atoms with E-state index in [4.69, 9.17) is 15.5 Å². The second-order valence-corrected chi connectivity index (χ2v) is 4.56. The molecule has 0 atom stereocenters. The van der Waals surface area contributed by atoms with Gasteiger partial charge in [0.2, 0.25) is 0 Å². The first-order chi connectivity index (χ1) is 7.10. The molecule has 3 nitrogen and oxygen atoms in total. The van der Waals surface area contributed by atoms with Crippen molar-refractivity contribution < 1.29 is 9.57 Å². The van der Waals surface area contributed by atoms with Crippen LogP contribution in [-0.4, -0.2) is 7.11 Å². The number of benzene rings is 1. The highest BCUT2D eigenvalue weighted by atomic mass is 79.9. The molecule has 0 amide bonds. The zero-order valence-corrected chi connectivity index (χ0v) is 10.8. The minimum atomic E-state index is 0.373. The fourth-order valence-corrected chi connectivity index (χ4v) is 2.16. The van der Waals surface area contributed by atoms with E-state index in [0.717, 1.165) is 21.3 Å². The van der Waals surface area contributed by atoms with Crippen molar-refractivity contribution in [1.82, 2.24) is 0 Å². The van der Waals surface area contributed by atoms with Crippen LogP contribution in [0.1, 0.15) is 30.9 Å². The predicted molar refractivity (Wildman–Crippen MR) is 63.8 cm³/mol. The first kappa shape index (κ1) is 12.5. The largest absolute Gasteiger partial charge is 0.496 e. The van der Waals surface area contributed by atoms with Gasteiger partial charge in [0.05, 0.1) is 13.7 Å². The molecule has 15 heavy (non-hydrogen) atoms. The third-order valence-electron chi connectivity index (χ3n) is 2.23. The van der Waals surface area contributed by atoms with Crippen LogP contribution in [0.5, 0.6) is 5.75 Å². The summed E-state index contributed by atoms with van der Waals surface area (Å²) < 4.78 is 6.32. The summed E-state index contributed by atoms with van der Waals surface area (Å²) in [5.74, 6) is 6.36. The number of hydrogen-bond acceptors (Lipinski definition) is 3. The monoisotopic (exact) mass is 273 g/mol. The second-order valence-electron chi connectivity index (χ2n) is 3.65. The SMILES string of the molecule is COc1cc(Br)cc(CON)c1C(C)C. The summed E-state index contributed by atoms with van der Waals surface area (Å²) in [4.78, 5) is 4.70. The Morgan fingerprint density at radius 3 is 2.53 bits per heavy atom. The predicted octanol–water partition coefficient (Wildman–Crippen LogP) is 2.97. The number of methoxy groups -OCH3 is 1. The number of hydrogen-bond donors (Lipinski definition) is 1. The summed E-state index contributed by atoms with van der Waals surface area (Å²) in [6, 6.07) is 3.96. The highest BCUT2D eigenvalue weighted by molar-refractivity contribution is 9.10. The van der Waals surface area contributed by atoms with Gasteiger partial charge in [0.15, 0.2) is 0 Å². The van der Waals surface area contributed by atoms with Gasteiger partial charge in [-0.3, -0.25) is 4.84 Å². The van der Waals surface area contributed by atoms with Crippen LogP contribution in [0.2, 0.25) is 0 Å². The van der Waals surface area contributed by atoms with Gasteiger partial charge in [-0.2, -0.15) is 0 Å². The molecule has 0 radical (unpaired) electrons. The molecule has 1 rings (SSSR count). The number of halogens is 1. The molecule has 0 aromatic heterocycles. The fraction of sp³-hybridized carbons (Fsp3) is 0.455. The van der Waals surface area contributed by atoms with Crippen LogP contribution in [0.3, 0.4) is 0 Å². The summed E-state index contributed by atoms with van der Waals surface area (Å²) >= 11 is 3.43. The Kier molecular flexibility index (Phi) is 4.57. The molecule has 84 valence electrons. The van der Waals surface area contributed by atoms with Gasteiger partial charge in [-0.05, 0) is 23.6 Å². The van der Waals surface area contributed by atoms with E-state index in [2.05, 4.69) is 29.8 Å². The van der Waals surface area contributed by atoms with Crippen molar-refractivity contribution >= 4 is 15.9 Å². The Balaban J connectivity index is 3.26. The van der Waals surface area contributed by atoms with E-state index in [1.54, 1.807) is 7.11 Å². The van der Waals surface area contributed by atoms with Crippen molar-refractivity contribution in [3.63, 3.8) is 0 Å². The second kappa shape index (κ2) is 5.49. The Morgan fingerprint density at radius 2 is 2.07 bits per heavy atom. The number of ether oxygens (including phenoxy) is 1. The van der Waals surface area contributed by atoms with Gasteiger partial charge in [-0.25, -0.2) is 5.90 Å². The molecule has 0 aliphatic rings. The third kappa shape index (κ3) is 2.93. The number of nitrogens with two attached hydrogens (primary N) is 1. The van der Waals surface area contributed by atoms with Crippen LogP contribution in [-0.2, 0) is 11.4 Å². The van der Waals surface area contributed by atoms with Gasteiger partial charge >= 0.3 is 0 Å². The van der Waals surface area contributed by atoms with Crippen LogP contribution >= 0.6 is 15.9 Å². The van der Waals surface area contributed by atoms with Crippen LogP contribution in [0, 0.1) is 0 Å². The first-order valence-electron chi connectivity index (χ1n) is 4.78. The van der Waals surface area contributed by atoms with E-state index in [1.807, 2.05) is 12.1 Å². The molecular formula is C11H16BrNO2. The molecule has 1 aromatic rings. The highest BCUT2D eigenvalue weighted by Gasteiger charge is 2.14. The molecule has 0 fully saturated rings. The summed E-state index contributed by atoms with van der Waals surface area (Å²) in [6.45, 7) is 4.63.